The number of anilines is 2. The van der Waals surface area contributed by atoms with Crippen LogP contribution in [-0.4, -0.2) is 50.2 Å². The van der Waals surface area contributed by atoms with Gasteiger partial charge in [-0.1, -0.05) is 6.07 Å². The molecule has 33 heavy (non-hydrogen) atoms. The lowest BCUT2D eigenvalue weighted by atomic mass is 9.81. The summed E-state index contributed by atoms with van der Waals surface area (Å²) in [6, 6.07) is 9.03. The minimum atomic E-state index is -3.58. The third kappa shape index (κ3) is 3.68. The van der Waals surface area contributed by atoms with Crippen LogP contribution in [0.25, 0.3) is 11.3 Å². The molecule has 0 unspecified atom stereocenters. The maximum Gasteiger partial charge on any atom is 0.240 e. The Morgan fingerprint density at radius 1 is 1.12 bits per heavy atom. The molecule has 10 heteroatoms. The largest absolute Gasteiger partial charge is 0.379 e. The summed E-state index contributed by atoms with van der Waals surface area (Å²) < 4.78 is 32.7. The summed E-state index contributed by atoms with van der Waals surface area (Å²) in [5, 5.41) is 0. The summed E-state index contributed by atoms with van der Waals surface area (Å²) in [5.74, 6) is 0.498. The van der Waals surface area contributed by atoms with Crippen LogP contribution in [0.5, 0.6) is 0 Å². The van der Waals surface area contributed by atoms with Gasteiger partial charge in [-0.05, 0) is 56.3 Å². The third-order valence-electron chi connectivity index (χ3n) is 6.31. The van der Waals surface area contributed by atoms with Crippen molar-refractivity contribution in [2.24, 2.45) is 5.73 Å². The normalized spacial score (nSPS) is 17.2. The van der Waals surface area contributed by atoms with Gasteiger partial charge in [-0.2, -0.15) is 0 Å². The molecule has 3 N–H and O–H groups in total. The number of benzene rings is 1. The van der Waals surface area contributed by atoms with Crippen molar-refractivity contribution in [1.82, 2.24) is 19.7 Å². The molecule has 0 aliphatic carbocycles. The molecule has 1 saturated heterocycles. The number of nitrogens with zero attached hydrogens (tertiary/aromatic N) is 4. The Morgan fingerprint density at radius 3 is 2.45 bits per heavy atom. The van der Waals surface area contributed by atoms with Crippen molar-refractivity contribution in [3.05, 3.63) is 60.0 Å². The first-order chi connectivity index (χ1) is 15.6. The van der Waals surface area contributed by atoms with Crippen LogP contribution in [0.3, 0.4) is 0 Å². The van der Waals surface area contributed by atoms with E-state index in [1.54, 1.807) is 30.7 Å². The monoisotopic (exact) mass is 466 g/mol. The molecule has 2 aliphatic heterocycles. The first kappa shape index (κ1) is 21.9. The second kappa shape index (κ2) is 7.56. The van der Waals surface area contributed by atoms with Gasteiger partial charge in [-0.3, -0.25) is 4.98 Å². The Labute approximate surface area is 193 Å². The molecule has 0 saturated carbocycles. The van der Waals surface area contributed by atoms with E-state index in [2.05, 4.69) is 19.7 Å². The van der Waals surface area contributed by atoms with Crippen LogP contribution in [-0.2, 0) is 25.7 Å². The minimum Gasteiger partial charge on any atom is -0.379 e. The van der Waals surface area contributed by atoms with Gasteiger partial charge in [0, 0.05) is 41.9 Å². The van der Waals surface area contributed by atoms with Gasteiger partial charge in [0.25, 0.3) is 0 Å². The van der Waals surface area contributed by atoms with Crippen LogP contribution < -0.4 is 15.4 Å². The average Bonchev–Trinajstić information content (AvgIpc) is 3.14. The van der Waals surface area contributed by atoms with Gasteiger partial charge in [0.2, 0.25) is 16.0 Å². The van der Waals surface area contributed by atoms with Gasteiger partial charge in [0.15, 0.2) is 0 Å². The van der Waals surface area contributed by atoms with Crippen LogP contribution in [0.4, 0.5) is 11.6 Å². The highest BCUT2D eigenvalue weighted by Crippen LogP contribution is 2.48. The number of pyridine rings is 1. The Balaban J connectivity index is 1.52. The molecular weight excluding hydrogens is 440 g/mol. The van der Waals surface area contributed by atoms with Crippen molar-refractivity contribution >= 4 is 21.7 Å². The number of nitrogens with two attached hydrogens (primary N) is 1. The minimum absolute atomic E-state index is 0.179. The summed E-state index contributed by atoms with van der Waals surface area (Å²) in [6.45, 7) is 5.68. The summed E-state index contributed by atoms with van der Waals surface area (Å²) in [5.41, 5.74) is 9.89. The lowest BCUT2D eigenvalue weighted by molar-refractivity contribution is -0.0507. The summed E-state index contributed by atoms with van der Waals surface area (Å²) >= 11 is 0. The zero-order valence-electron chi connectivity index (χ0n) is 18.7. The SMILES string of the molecule is CNS(=O)(=O)c1ccc2c(c1)N(c1ncc(-c3cc(C(C)(C)N)ccn3)cn1)CC21COC1. The fraction of sp³-hybridized carbons (Fsp3) is 0.348. The van der Waals surface area contributed by atoms with Crippen LogP contribution >= 0.6 is 0 Å². The number of sulfonamides is 1. The van der Waals surface area contributed by atoms with Gasteiger partial charge in [-0.15, -0.1) is 0 Å². The van der Waals surface area contributed by atoms with E-state index in [0.717, 1.165) is 28.1 Å². The first-order valence-electron chi connectivity index (χ1n) is 10.6. The maximum absolute atomic E-state index is 12.4. The molecule has 1 fully saturated rings. The Morgan fingerprint density at radius 2 is 1.85 bits per heavy atom. The van der Waals surface area contributed by atoms with E-state index < -0.39 is 15.6 Å². The second-order valence-corrected chi connectivity index (χ2v) is 11.1. The molecule has 172 valence electrons. The van der Waals surface area contributed by atoms with Gasteiger partial charge >= 0.3 is 0 Å². The number of aromatic nitrogens is 3. The molecule has 0 radical (unpaired) electrons. The number of ether oxygens (including phenoxy) is 1. The summed E-state index contributed by atoms with van der Waals surface area (Å²) in [6.07, 6.45) is 5.19. The van der Waals surface area contributed by atoms with E-state index in [1.807, 2.05) is 36.9 Å². The Hall–Kier alpha value is -2.92. The topological polar surface area (TPSA) is 123 Å². The van der Waals surface area contributed by atoms with E-state index in [-0.39, 0.29) is 10.3 Å². The highest BCUT2D eigenvalue weighted by Gasteiger charge is 2.49. The highest BCUT2D eigenvalue weighted by molar-refractivity contribution is 7.89. The van der Waals surface area contributed by atoms with Crippen molar-refractivity contribution < 1.29 is 13.2 Å². The molecule has 0 atom stereocenters. The predicted octanol–water partition coefficient (Wildman–Crippen LogP) is 2.06. The van der Waals surface area contributed by atoms with E-state index >= 15 is 0 Å². The van der Waals surface area contributed by atoms with E-state index in [1.165, 1.54) is 7.05 Å². The molecule has 0 amide bonds. The molecule has 4 heterocycles. The van der Waals surface area contributed by atoms with Crippen LogP contribution in [0.15, 0.2) is 53.8 Å². The van der Waals surface area contributed by atoms with E-state index in [9.17, 15) is 8.42 Å². The zero-order chi connectivity index (χ0) is 23.4. The molecule has 2 aliphatic rings. The molecule has 1 aromatic carbocycles. The fourth-order valence-corrected chi connectivity index (χ4v) is 5.05. The van der Waals surface area contributed by atoms with Crippen LogP contribution in [0.2, 0.25) is 0 Å². The quantitative estimate of drug-likeness (QED) is 0.586. The first-order valence-corrected chi connectivity index (χ1v) is 12.1. The van der Waals surface area contributed by atoms with Gasteiger partial charge in [0.05, 0.1) is 29.2 Å². The van der Waals surface area contributed by atoms with Crippen molar-refractivity contribution in [2.75, 3.05) is 31.7 Å². The van der Waals surface area contributed by atoms with Crippen molar-refractivity contribution in [2.45, 2.75) is 29.7 Å². The number of nitrogens with one attached hydrogen (secondary N) is 1. The summed E-state index contributed by atoms with van der Waals surface area (Å²) in [7, 11) is -2.18. The van der Waals surface area contributed by atoms with Crippen molar-refractivity contribution in [3.8, 4) is 11.3 Å². The maximum atomic E-state index is 12.4. The number of hydrogen-bond acceptors (Lipinski definition) is 8. The number of fused-ring (bicyclic) bond motifs is 2. The third-order valence-corrected chi connectivity index (χ3v) is 7.72. The second-order valence-electron chi connectivity index (χ2n) is 9.17. The van der Waals surface area contributed by atoms with Crippen molar-refractivity contribution in [3.63, 3.8) is 0 Å². The molecule has 3 aromatic rings. The fourth-order valence-electron chi connectivity index (χ4n) is 4.30. The average molecular weight is 467 g/mol. The number of hydrogen-bond donors (Lipinski definition) is 2. The standard InChI is InChI=1S/C23H26N6O3S/c1-22(2,24)16-6-7-26-19(8-16)15-10-27-21(28-11-15)29-12-23(13-32-14-23)18-5-4-17(9-20(18)29)33(30,31)25-3/h4-11,25H,12-14,24H2,1-3H3. The molecular formula is C23H26N6O3S. The smallest absolute Gasteiger partial charge is 0.240 e. The van der Waals surface area contributed by atoms with Gasteiger partial charge < -0.3 is 15.4 Å². The zero-order valence-corrected chi connectivity index (χ0v) is 19.6. The molecule has 5 rings (SSSR count). The van der Waals surface area contributed by atoms with E-state index in [0.29, 0.717) is 25.7 Å². The predicted molar refractivity (Wildman–Crippen MR) is 125 cm³/mol. The van der Waals surface area contributed by atoms with E-state index in [4.69, 9.17) is 10.5 Å². The summed E-state index contributed by atoms with van der Waals surface area (Å²) in [4.78, 5) is 15.8. The highest BCUT2D eigenvalue weighted by atomic mass is 32.2. The number of rotatable bonds is 5. The van der Waals surface area contributed by atoms with Crippen LogP contribution in [0, 0.1) is 0 Å². The molecule has 1 spiro atoms. The Bertz CT molecular complexity index is 1310. The Kier molecular flexibility index (Phi) is 5.02. The van der Waals surface area contributed by atoms with Crippen LogP contribution in [0.1, 0.15) is 25.0 Å². The molecule has 2 aromatic heterocycles. The van der Waals surface area contributed by atoms with Crippen molar-refractivity contribution in [1.29, 1.82) is 0 Å². The lowest BCUT2D eigenvalue weighted by Gasteiger charge is -2.38. The lowest BCUT2D eigenvalue weighted by Crippen LogP contribution is -2.49. The molecule has 9 nitrogen and oxygen atoms in total. The van der Waals surface area contributed by atoms with Gasteiger partial charge in [0.1, 0.15) is 0 Å². The van der Waals surface area contributed by atoms with Gasteiger partial charge in [-0.25, -0.2) is 23.1 Å². The molecule has 0 bridgehead atoms.